The molecule has 0 saturated heterocycles. The van der Waals surface area contributed by atoms with Gasteiger partial charge in [0.25, 0.3) is 5.69 Å². The number of carbonyl (C=O) groups excluding carboxylic acids is 1. The Labute approximate surface area is 118 Å². The molecule has 0 saturated carbocycles. The molecule has 8 heteroatoms. The van der Waals surface area contributed by atoms with Crippen LogP contribution in [0.4, 0.5) is 5.69 Å². The topological polar surface area (TPSA) is 86.2 Å². The molecule has 5 nitrogen and oxygen atoms in total. The first-order valence-corrected chi connectivity index (χ1v) is 5.95. The molecule has 98 valence electrons. The van der Waals surface area contributed by atoms with E-state index in [1.165, 1.54) is 24.3 Å². The van der Waals surface area contributed by atoms with E-state index >= 15 is 0 Å². The normalized spacial score (nSPS) is 13.1. The molecule has 0 heterocycles. The lowest BCUT2D eigenvalue weighted by atomic mass is 10.0. The van der Waals surface area contributed by atoms with Gasteiger partial charge in [-0.1, -0.05) is 34.8 Å². The van der Waals surface area contributed by atoms with Crippen molar-refractivity contribution in [3.8, 4) is 0 Å². The second-order valence-corrected chi connectivity index (χ2v) is 5.95. The first-order valence-electron chi connectivity index (χ1n) is 4.82. The number of nitro groups is 1. The Balaban J connectivity index is 2.76. The Morgan fingerprint density at radius 1 is 1.33 bits per heavy atom. The molecule has 0 aliphatic rings. The van der Waals surface area contributed by atoms with Crippen LogP contribution >= 0.6 is 34.8 Å². The van der Waals surface area contributed by atoms with Crippen LogP contribution in [-0.2, 0) is 0 Å². The summed E-state index contributed by atoms with van der Waals surface area (Å²) in [6.45, 7) is 0. The van der Waals surface area contributed by atoms with Crippen molar-refractivity contribution >= 4 is 46.3 Å². The van der Waals surface area contributed by atoms with Crippen LogP contribution in [0.2, 0.25) is 0 Å². The van der Waals surface area contributed by atoms with Crippen LogP contribution in [0.3, 0.4) is 0 Å². The Kier molecular flexibility index (Phi) is 4.92. The smallest absolute Gasteiger partial charge is 0.269 e. The van der Waals surface area contributed by atoms with Gasteiger partial charge in [0.05, 0.1) is 11.0 Å². The van der Waals surface area contributed by atoms with Gasteiger partial charge in [-0.15, -0.1) is 0 Å². The largest absolute Gasteiger partial charge is 0.324 e. The minimum atomic E-state index is -1.73. The molecule has 1 aromatic rings. The summed E-state index contributed by atoms with van der Waals surface area (Å²) in [5.74, 6) is -0.344. The highest BCUT2D eigenvalue weighted by molar-refractivity contribution is 6.68. The molecule has 0 radical (unpaired) electrons. The van der Waals surface area contributed by atoms with E-state index in [4.69, 9.17) is 40.5 Å². The van der Waals surface area contributed by atoms with E-state index in [0.29, 0.717) is 0 Å². The summed E-state index contributed by atoms with van der Waals surface area (Å²) in [6, 6.07) is 4.20. The third kappa shape index (κ3) is 4.10. The number of Topliss-reactive ketones (excluding diaryl/α,β-unsaturated/α-hetero) is 1. The van der Waals surface area contributed by atoms with Gasteiger partial charge in [-0.2, -0.15) is 0 Å². The van der Waals surface area contributed by atoms with Crippen LogP contribution < -0.4 is 5.73 Å². The fraction of sp³-hybridized carbons (Fsp3) is 0.300. The zero-order valence-electron chi connectivity index (χ0n) is 8.98. The summed E-state index contributed by atoms with van der Waals surface area (Å²) in [5.41, 5.74) is 5.73. The molecule has 1 atom stereocenters. The van der Waals surface area contributed by atoms with E-state index in [1.807, 2.05) is 0 Å². The Bertz CT molecular complexity index is 456. The molecule has 1 rings (SSSR count). The van der Waals surface area contributed by atoms with Gasteiger partial charge in [0.15, 0.2) is 5.78 Å². The van der Waals surface area contributed by atoms with Gasteiger partial charge >= 0.3 is 0 Å². The van der Waals surface area contributed by atoms with Crippen molar-refractivity contribution in [2.75, 3.05) is 0 Å². The van der Waals surface area contributed by atoms with Gasteiger partial charge < -0.3 is 5.73 Å². The van der Waals surface area contributed by atoms with Crippen molar-refractivity contribution in [3.05, 3.63) is 39.9 Å². The summed E-state index contributed by atoms with van der Waals surface area (Å²) in [7, 11) is 0. The number of nitro benzene ring substituents is 1. The molecule has 2 N–H and O–H groups in total. The zero-order valence-corrected chi connectivity index (χ0v) is 11.2. The summed E-state index contributed by atoms with van der Waals surface area (Å²) in [4.78, 5) is 21.6. The van der Waals surface area contributed by atoms with Gasteiger partial charge in [-0.3, -0.25) is 14.9 Å². The third-order valence-corrected chi connectivity index (χ3v) is 3.07. The Morgan fingerprint density at radius 3 is 2.22 bits per heavy atom. The van der Waals surface area contributed by atoms with Crippen molar-refractivity contribution in [2.24, 2.45) is 5.73 Å². The second-order valence-electron chi connectivity index (χ2n) is 3.58. The molecule has 0 aliphatic carbocycles. The van der Waals surface area contributed by atoms with Crippen LogP contribution in [0.1, 0.15) is 16.8 Å². The van der Waals surface area contributed by atoms with Gasteiger partial charge in [0, 0.05) is 24.1 Å². The average molecular weight is 312 g/mol. The summed E-state index contributed by atoms with van der Waals surface area (Å²) in [5, 5.41) is 10.4. The molecule has 1 aromatic carbocycles. The van der Waals surface area contributed by atoms with E-state index in [0.717, 1.165) is 0 Å². The monoisotopic (exact) mass is 310 g/mol. The predicted octanol–water partition coefficient (Wildman–Crippen LogP) is 2.87. The first-order chi connectivity index (χ1) is 8.21. The minimum Gasteiger partial charge on any atom is -0.324 e. The number of ketones is 1. The molecule has 0 aromatic heterocycles. The van der Waals surface area contributed by atoms with Crippen molar-refractivity contribution in [1.29, 1.82) is 0 Å². The number of alkyl halides is 3. The fourth-order valence-electron chi connectivity index (χ4n) is 1.20. The van der Waals surface area contributed by atoms with Gasteiger partial charge in [0.1, 0.15) is 0 Å². The number of benzene rings is 1. The quantitative estimate of drug-likeness (QED) is 0.401. The standard InChI is InChI=1S/C10H9Cl3N2O3/c11-10(12,13)9(14)5-8(16)6-1-3-7(4-2-6)15(17)18/h1-4,9H,5,14H2. The number of nitrogens with zero attached hydrogens (tertiary/aromatic N) is 1. The SMILES string of the molecule is NC(CC(=O)c1ccc([N+](=O)[O-])cc1)C(Cl)(Cl)Cl. The highest BCUT2D eigenvalue weighted by Crippen LogP contribution is 2.31. The maximum atomic E-state index is 11.8. The molecular weight excluding hydrogens is 302 g/mol. The number of nitrogens with two attached hydrogens (primary N) is 1. The third-order valence-electron chi connectivity index (χ3n) is 2.23. The van der Waals surface area contributed by atoms with E-state index in [9.17, 15) is 14.9 Å². The van der Waals surface area contributed by atoms with E-state index < -0.39 is 14.8 Å². The number of non-ortho nitro benzene ring substituents is 1. The summed E-state index contributed by atoms with van der Waals surface area (Å²) >= 11 is 16.6. The van der Waals surface area contributed by atoms with Gasteiger partial charge in [-0.25, -0.2) is 0 Å². The summed E-state index contributed by atoms with van der Waals surface area (Å²) < 4.78 is -1.73. The Hall–Kier alpha value is -0.880. The van der Waals surface area contributed by atoms with Crippen LogP contribution in [-0.4, -0.2) is 20.5 Å². The van der Waals surface area contributed by atoms with Gasteiger partial charge in [0.2, 0.25) is 3.79 Å². The molecule has 0 bridgehead atoms. The zero-order chi connectivity index (χ0) is 13.9. The average Bonchev–Trinajstić information content (AvgIpc) is 2.27. The van der Waals surface area contributed by atoms with Crippen molar-refractivity contribution in [2.45, 2.75) is 16.3 Å². The molecule has 0 spiro atoms. The predicted molar refractivity (Wildman–Crippen MR) is 70.3 cm³/mol. The molecule has 0 amide bonds. The highest BCUT2D eigenvalue weighted by atomic mass is 35.6. The van der Waals surface area contributed by atoms with Crippen LogP contribution in [0, 0.1) is 10.1 Å². The van der Waals surface area contributed by atoms with E-state index in [-0.39, 0.29) is 23.5 Å². The maximum Gasteiger partial charge on any atom is 0.269 e. The van der Waals surface area contributed by atoms with E-state index in [2.05, 4.69) is 0 Å². The number of rotatable bonds is 4. The van der Waals surface area contributed by atoms with Crippen molar-refractivity contribution < 1.29 is 9.72 Å². The van der Waals surface area contributed by atoms with E-state index in [1.54, 1.807) is 0 Å². The highest BCUT2D eigenvalue weighted by Gasteiger charge is 2.31. The summed E-state index contributed by atoms with van der Waals surface area (Å²) in [6.07, 6.45) is -0.158. The minimum absolute atomic E-state index is 0.0998. The number of hydrogen-bond donors (Lipinski definition) is 1. The lowest BCUT2D eigenvalue weighted by molar-refractivity contribution is -0.384. The van der Waals surface area contributed by atoms with Gasteiger partial charge in [-0.05, 0) is 12.1 Å². The number of carbonyl (C=O) groups is 1. The number of halogens is 3. The first kappa shape index (κ1) is 15.2. The fourth-order valence-corrected chi connectivity index (χ4v) is 1.43. The maximum absolute atomic E-state index is 11.8. The van der Waals surface area contributed by atoms with Crippen molar-refractivity contribution in [3.63, 3.8) is 0 Å². The molecular formula is C10H9Cl3N2O3. The molecule has 18 heavy (non-hydrogen) atoms. The Morgan fingerprint density at radius 2 is 1.83 bits per heavy atom. The number of hydrogen-bond acceptors (Lipinski definition) is 4. The molecule has 1 unspecified atom stereocenters. The van der Waals surface area contributed by atoms with Crippen LogP contribution in [0.25, 0.3) is 0 Å². The lowest BCUT2D eigenvalue weighted by Gasteiger charge is -2.18. The molecule has 0 aliphatic heterocycles. The molecule has 0 fully saturated rings. The second kappa shape index (κ2) is 5.84. The van der Waals surface area contributed by atoms with Crippen LogP contribution in [0.5, 0.6) is 0 Å². The van der Waals surface area contributed by atoms with Crippen LogP contribution in [0.15, 0.2) is 24.3 Å². The van der Waals surface area contributed by atoms with Crippen molar-refractivity contribution in [1.82, 2.24) is 0 Å². The lowest BCUT2D eigenvalue weighted by Crippen LogP contribution is -2.36.